The number of nitrogens with zero attached hydrogens (tertiary/aromatic N) is 4. The average molecular weight is 415 g/mol. The highest BCUT2D eigenvalue weighted by Crippen LogP contribution is 2.32. The molecule has 3 heterocycles. The molecule has 30 heavy (non-hydrogen) atoms. The number of hydrogen-bond donors (Lipinski definition) is 1. The van der Waals surface area contributed by atoms with E-state index in [-0.39, 0.29) is 12.1 Å². The Labute approximate surface area is 169 Å². The maximum absolute atomic E-state index is 13.0. The Morgan fingerprint density at radius 1 is 1.27 bits per heavy atom. The van der Waals surface area contributed by atoms with Gasteiger partial charge in [0.2, 0.25) is 0 Å². The van der Waals surface area contributed by atoms with E-state index < -0.39 is 18.0 Å². The molecule has 0 atom stereocenters. The molecule has 1 aromatic carbocycles. The number of amides is 1. The summed E-state index contributed by atoms with van der Waals surface area (Å²) in [5.41, 5.74) is 3.43. The molecule has 0 radical (unpaired) electrons. The fraction of sp³-hybridized carbons (Fsp3) is 0.200. The Balaban J connectivity index is 1.65. The molecule has 154 valence electrons. The van der Waals surface area contributed by atoms with Gasteiger partial charge in [-0.15, -0.1) is 13.2 Å². The summed E-state index contributed by atoms with van der Waals surface area (Å²) in [6.07, 6.45) is -2.91. The van der Waals surface area contributed by atoms with Gasteiger partial charge in [-0.3, -0.25) is 9.89 Å². The van der Waals surface area contributed by atoms with Crippen molar-refractivity contribution in [3.8, 4) is 17.1 Å². The zero-order valence-electron chi connectivity index (χ0n) is 15.8. The number of H-pyrrole nitrogens is 1. The fourth-order valence-electron chi connectivity index (χ4n) is 3.34. The lowest BCUT2D eigenvalue weighted by molar-refractivity contribution is -0.274. The molecule has 4 rings (SSSR count). The van der Waals surface area contributed by atoms with Gasteiger partial charge in [0, 0.05) is 29.4 Å². The van der Waals surface area contributed by atoms with Crippen LogP contribution in [-0.2, 0) is 13.0 Å². The number of aromatic nitrogens is 4. The lowest BCUT2D eigenvalue weighted by Gasteiger charge is -2.31. The van der Waals surface area contributed by atoms with Crippen LogP contribution in [0.2, 0.25) is 0 Å². The monoisotopic (exact) mass is 415 g/mol. The quantitative estimate of drug-likeness (QED) is 0.704. The minimum atomic E-state index is -4.84. The number of nitrogens with one attached hydrogen (secondary N) is 1. The summed E-state index contributed by atoms with van der Waals surface area (Å²) in [5.74, 6) is -0.424. The van der Waals surface area contributed by atoms with E-state index in [1.807, 2.05) is 0 Å². The van der Waals surface area contributed by atoms with E-state index in [4.69, 9.17) is 0 Å². The zero-order valence-corrected chi connectivity index (χ0v) is 15.8. The summed E-state index contributed by atoms with van der Waals surface area (Å²) in [4.78, 5) is 23.4. The van der Waals surface area contributed by atoms with Crippen molar-refractivity contribution in [1.82, 2.24) is 25.1 Å². The van der Waals surface area contributed by atoms with Gasteiger partial charge in [0.15, 0.2) is 0 Å². The molecule has 2 aromatic heterocycles. The van der Waals surface area contributed by atoms with Crippen molar-refractivity contribution < 1.29 is 22.7 Å². The van der Waals surface area contributed by atoms with Gasteiger partial charge in [0.05, 0.1) is 23.6 Å². The van der Waals surface area contributed by atoms with Crippen molar-refractivity contribution in [2.24, 2.45) is 0 Å². The summed E-state index contributed by atoms with van der Waals surface area (Å²) in [5, 5.41) is 6.82. The van der Waals surface area contributed by atoms with Gasteiger partial charge in [-0.1, -0.05) is 12.6 Å². The Morgan fingerprint density at radius 2 is 2.07 bits per heavy atom. The number of benzene rings is 1. The second-order valence-electron chi connectivity index (χ2n) is 6.72. The van der Waals surface area contributed by atoms with E-state index in [9.17, 15) is 18.0 Å². The zero-order chi connectivity index (χ0) is 21.5. The molecule has 1 amide bonds. The number of hydrogen-bond acceptors (Lipinski definition) is 5. The number of aryl methyl sites for hydroxylation is 1. The van der Waals surface area contributed by atoms with Crippen LogP contribution in [0.25, 0.3) is 11.4 Å². The topological polar surface area (TPSA) is 84.0 Å². The average Bonchev–Trinajstić information content (AvgIpc) is 3.20. The van der Waals surface area contributed by atoms with Gasteiger partial charge >= 0.3 is 6.36 Å². The van der Waals surface area contributed by atoms with Gasteiger partial charge in [-0.25, -0.2) is 9.97 Å². The molecule has 0 saturated heterocycles. The summed E-state index contributed by atoms with van der Waals surface area (Å²) < 4.78 is 41.4. The van der Waals surface area contributed by atoms with E-state index >= 15 is 0 Å². The highest BCUT2D eigenvalue weighted by atomic mass is 19.4. The number of carbonyl (C=O) groups excluding carboxylic acids is 1. The smallest absolute Gasteiger partial charge is 0.406 e. The van der Waals surface area contributed by atoms with Crippen molar-refractivity contribution in [3.05, 3.63) is 71.4 Å². The molecular weight excluding hydrogens is 399 g/mol. The van der Waals surface area contributed by atoms with Gasteiger partial charge in [0.1, 0.15) is 11.6 Å². The Morgan fingerprint density at radius 3 is 2.77 bits per heavy atom. The Hall–Kier alpha value is -3.69. The molecule has 1 N–H and O–H groups in total. The molecule has 0 bridgehead atoms. The lowest BCUT2D eigenvalue weighted by Crippen LogP contribution is -2.35. The van der Waals surface area contributed by atoms with E-state index in [1.165, 1.54) is 17.0 Å². The SMILES string of the molecule is C=C1Cc2c(nc(C)nc2-c2ccn[nH]2)CN1C(=O)c1cccc(OC(F)(F)F)c1. The van der Waals surface area contributed by atoms with Crippen LogP contribution in [0.3, 0.4) is 0 Å². The second kappa shape index (κ2) is 7.29. The highest BCUT2D eigenvalue weighted by molar-refractivity contribution is 5.96. The normalized spacial score (nSPS) is 13.9. The number of fused-ring (bicyclic) bond motifs is 1. The van der Waals surface area contributed by atoms with Crippen LogP contribution in [0.4, 0.5) is 13.2 Å². The van der Waals surface area contributed by atoms with Crippen molar-refractivity contribution in [1.29, 1.82) is 0 Å². The van der Waals surface area contributed by atoms with E-state index in [1.54, 1.807) is 19.2 Å². The molecule has 3 aromatic rings. The largest absolute Gasteiger partial charge is 0.573 e. The predicted octanol–water partition coefficient (Wildman–Crippen LogP) is 3.79. The number of alkyl halides is 3. The van der Waals surface area contributed by atoms with Gasteiger partial charge in [-0.2, -0.15) is 5.10 Å². The first kappa shape index (κ1) is 19.6. The number of allylic oxidation sites excluding steroid dienone is 1. The molecule has 10 heteroatoms. The summed E-state index contributed by atoms with van der Waals surface area (Å²) >= 11 is 0. The maximum Gasteiger partial charge on any atom is 0.573 e. The van der Waals surface area contributed by atoms with E-state index in [0.717, 1.165) is 23.4 Å². The van der Waals surface area contributed by atoms with Gasteiger partial charge < -0.3 is 9.64 Å². The first-order valence-corrected chi connectivity index (χ1v) is 8.93. The molecule has 1 aliphatic rings. The van der Waals surface area contributed by atoms with Crippen LogP contribution in [0, 0.1) is 6.92 Å². The predicted molar refractivity (Wildman–Crippen MR) is 100 cm³/mol. The molecule has 0 spiro atoms. The van der Waals surface area contributed by atoms with E-state index in [0.29, 0.717) is 29.3 Å². The van der Waals surface area contributed by atoms with Crippen molar-refractivity contribution >= 4 is 5.91 Å². The van der Waals surface area contributed by atoms with Crippen LogP contribution in [0.5, 0.6) is 5.75 Å². The van der Waals surface area contributed by atoms with Crippen LogP contribution in [0.15, 0.2) is 48.8 Å². The summed E-state index contributed by atoms with van der Waals surface area (Å²) in [7, 11) is 0. The lowest BCUT2D eigenvalue weighted by atomic mass is 9.98. The minimum absolute atomic E-state index is 0.0564. The first-order valence-electron chi connectivity index (χ1n) is 8.93. The number of aromatic amines is 1. The minimum Gasteiger partial charge on any atom is -0.406 e. The molecule has 1 aliphatic heterocycles. The molecule has 0 fully saturated rings. The number of carbonyl (C=O) groups is 1. The molecule has 0 saturated carbocycles. The van der Waals surface area contributed by atoms with Gasteiger partial charge in [-0.05, 0) is 31.2 Å². The molecule has 0 aliphatic carbocycles. The Bertz CT molecular complexity index is 1130. The number of ether oxygens (including phenoxy) is 1. The summed E-state index contributed by atoms with van der Waals surface area (Å²) in [6.45, 7) is 5.85. The third kappa shape index (κ3) is 3.88. The number of halogens is 3. The van der Waals surface area contributed by atoms with Crippen LogP contribution in [-0.4, -0.2) is 37.3 Å². The third-order valence-electron chi connectivity index (χ3n) is 4.59. The van der Waals surface area contributed by atoms with Crippen molar-refractivity contribution in [3.63, 3.8) is 0 Å². The Kier molecular flexibility index (Phi) is 4.76. The van der Waals surface area contributed by atoms with E-state index in [2.05, 4.69) is 31.5 Å². The summed E-state index contributed by atoms with van der Waals surface area (Å²) in [6, 6.07) is 6.74. The highest BCUT2D eigenvalue weighted by Gasteiger charge is 2.32. The van der Waals surface area contributed by atoms with Crippen LogP contribution >= 0.6 is 0 Å². The number of rotatable bonds is 3. The van der Waals surface area contributed by atoms with Crippen LogP contribution in [0.1, 0.15) is 27.4 Å². The molecule has 7 nitrogen and oxygen atoms in total. The standard InChI is InChI=1S/C20H16F3N5O2/c1-11-8-15-17(25-12(2)26-18(15)16-6-7-24-27-16)10-28(11)19(29)13-4-3-5-14(9-13)30-20(21,22)23/h3-7,9H,1,8,10H2,2H3,(H,24,27). The van der Waals surface area contributed by atoms with Crippen molar-refractivity contribution in [2.45, 2.75) is 26.3 Å². The van der Waals surface area contributed by atoms with Crippen LogP contribution < -0.4 is 4.74 Å². The second-order valence-corrected chi connectivity index (χ2v) is 6.72. The fourth-order valence-corrected chi connectivity index (χ4v) is 3.34. The molecule has 0 unspecified atom stereocenters. The maximum atomic E-state index is 13.0. The van der Waals surface area contributed by atoms with Crippen molar-refractivity contribution in [2.75, 3.05) is 0 Å². The molecular formula is C20H16F3N5O2. The first-order chi connectivity index (χ1) is 14.2. The third-order valence-corrected chi connectivity index (χ3v) is 4.59. The van der Waals surface area contributed by atoms with Gasteiger partial charge in [0.25, 0.3) is 5.91 Å².